The summed E-state index contributed by atoms with van der Waals surface area (Å²) in [6.45, 7) is 4.27. The topological polar surface area (TPSA) is 51.4 Å². The second-order valence-corrected chi connectivity index (χ2v) is 4.90. The smallest absolute Gasteiger partial charge is 0.185 e. The fourth-order valence-electron chi connectivity index (χ4n) is 1.74. The number of hydrogen-bond acceptors (Lipinski definition) is 5. The summed E-state index contributed by atoms with van der Waals surface area (Å²) in [7, 11) is 2.08. The third kappa shape index (κ3) is 2.14. The monoisotopic (exact) mass is 227 g/mol. The lowest BCUT2D eigenvalue weighted by Crippen LogP contribution is -2.31. The van der Waals surface area contributed by atoms with Gasteiger partial charge in [0, 0.05) is 25.1 Å². The van der Waals surface area contributed by atoms with Crippen molar-refractivity contribution < 1.29 is 4.74 Å². The molecule has 1 aromatic heterocycles. The molecule has 1 atom stereocenters. The largest absolute Gasteiger partial charge is 0.379 e. The molecule has 1 aromatic rings. The van der Waals surface area contributed by atoms with Crippen LogP contribution in [-0.2, 0) is 11.3 Å². The molecule has 2 N–H and O–H groups in total. The highest BCUT2D eigenvalue weighted by Gasteiger charge is 2.23. The van der Waals surface area contributed by atoms with Gasteiger partial charge in [0.2, 0.25) is 0 Å². The Morgan fingerprint density at radius 2 is 2.47 bits per heavy atom. The van der Waals surface area contributed by atoms with E-state index in [0.717, 1.165) is 30.5 Å². The zero-order valence-corrected chi connectivity index (χ0v) is 10.0. The van der Waals surface area contributed by atoms with E-state index in [1.165, 1.54) is 4.88 Å². The van der Waals surface area contributed by atoms with Crippen LogP contribution in [0.15, 0.2) is 0 Å². The molecule has 2 rings (SSSR count). The van der Waals surface area contributed by atoms with E-state index in [0.29, 0.717) is 12.6 Å². The van der Waals surface area contributed by atoms with Crippen LogP contribution < -0.4 is 10.6 Å². The summed E-state index contributed by atoms with van der Waals surface area (Å²) in [5.74, 6) is 0. The van der Waals surface area contributed by atoms with Crippen LogP contribution in [-0.4, -0.2) is 31.3 Å². The first-order valence-corrected chi connectivity index (χ1v) is 6.01. The highest BCUT2D eigenvalue weighted by Crippen LogP contribution is 2.27. The quantitative estimate of drug-likeness (QED) is 0.841. The molecule has 2 heterocycles. The number of likely N-dealkylation sites (N-methyl/N-ethyl adjacent to an activating group) is 1. The maximum atomic E-state index is 5.64. The molecule has 1 aliphatic rings. The van der Waals surface area contributed by atoms with Gasteiger partial charge in [-0.3, -0.25) is 0 Å². The summed E-state index contributed by atoms with van der Waals surface area (Å²) >= 11 is 1.69. The number of rotatable bonds is 3. The number of aromatic nitrogens is 1. The SMILES string of the molecule is Cc1nc(N(C)C2CCOC2)sc1CN. The fourth-order valence-corrected chi connectivity index (χ4v) is 2.71. The van der Waals surface area contributed by atoms with Gasteiger partial charge in [0.15, 0.2) is 5.13 Å². The van der Waals surface area contributed by atoms with Gasteiger partial charge in [-0.2, -0.15) is 0 Å². The van der Waals surface area contributed by atoms with Crippen molar-refractivity contribution in [3.05, 3.63) is 10.6 Å². The summed E-state index contributed by atoms with van der Waals surface area (Å²) in [6.07, 6.45) is 1.09. The number of nitrogens with zero attached hydrogens (tertiary/aromatic N) is 2. The average Bonchev–Trinajstić information content (AvgIpc) is 2.85. The Morgan fingerprint density at radius 3 is 3.00 bits per heavy atom. The van der Waals surface area contributed by atoms with Crippen LogP contribution >= 0.6 is 11.3 Å². The second kappa shape index (κ2) is 4.47. The van der Waals surface area contributed by atoms with Crippen molar-refractivity contribution in [2.75, 3.05) is 25.2 Å². The fraction of sp³-hybridized carbons (Fsp3) is 0.700. The van der Waals surface area contributed by atoms with Crippen LogP contribution in [0.5, 0.6) is 0 Å². The molecule has 0 radical (unpaired) electrons. The molecule has 1 unspecified atom stereocenters. The number of hydrogen-bond donors (Lipinski definition) is 1. The van der Waals surface area contributed by atoms with Gasteiger partial charge in [-0.25, -0.2) is 4.98 Å². The number of anilines is 1. The van der Waals surface area contributed by atoms with Gasteiger partial charge in [-0.1, -0.05) is 0 Å². The lowest BCUT2D eigenvalue weighted by atomic mass is 10.2. The normalized spacial score (nSPS) is 20.9. The lowest BCUT2D eigenvalue weighted by molar-refractivity contribution is 0.193. The molecule has 0 spiro atoms. The molecule has 0 saturated carbocycles. The minimum Gasteiger partial charge on any atom is -0.379 e. The Bertz CT molecular complexity index is 333. The van der Waals surface area contributed by atoms with Crippen LogP contribution in [0.25, 0.3) is 0 Å². The first-order chi connectivity index (χ1) is 7.22. The molecule has 0 bridgehead atoms. The van der Waals surface area contributed by atoms with Crippen molar-refractivity contribution in [3.63, 3.8) is 0 Å². The van der Waals surface area contributed by atoms with Crippen molar-refractivity contribution in [1.29, 1.82) is 0 Å². The molecule has 1 fully saturated rings. The van der Waals surface area contributed by atoms with E-state index < -0.39 is 0 Å². The molecule has 5 heteroatoms. The second-order valence-electron chi connectivity index (χ2n) is 3.84. The highest BCUT2D eigenvalue weighted by molar-refractivity contribution is 7.15. The van der Waals surface area contributed by atoms with Crippen molar-refractivity contribution >= 4 is 16.5 Å². The molecular weight excluding hydrogens is 210 g/mol. The first-order valence-electron chi connectivity index (χ1n) is 5.19. The van der Waals surface area contributed by atoms with Crippen molar-refractivity contribution in [1.82, 2.24) is 4.98 Å². The van der Waals surface area contributed by atoms with Gasteiger partial charge < -0.3 is 15.4 Å². The number of ether oxygens (including phenoxy) is 1. The molecular formula is C10H17N3OS. The van der Waals surface area contributed by atoms with E-state index in [1.54, 1.807) is 11.3 Å². The minimum atomic E-state index is 0.473. The Morgan fingerprint density at radius 1 is 1.67 bits per heavy atom. The third-order valence-corrected chi connectivity index (χ3v) is 4.09. The molecule has 0 aliphatic carbocycles. The molecule has 1 aliphatic heterocycles. The van der Waals surface area contributed by atoms with Crippen molar-refractivity contribution in [3.8, 4) is 0 Å². The van der Waals surface area contributed by atoms with E-state index in [2.05, 4.69) is 16.9 Å². The van der Waals surface area contributed by atoms with Gasteiger partial charge in [0.25, 0.3) is 0 Å². The van der Waals surface area contributed by atoms with E-state index in [-0.39, 0.29) is 0 Å². The Labute approximate surface area is 94.1 Å². The predicted octanol–water partition coefficient (Wildman–Crippen LogP) is 1.14. The maximum Gasteiger partial charge on any atom is 0.185 e. The third-order valence-electron chi connectivity index (χ3n) is 2.82. The zero-order valence-electron chi connectivity index (χ0n) is 9.19. The summed E-state index contributed by atoms with van der Waals surface area (Å²) in [5, 5.41) is 1.06. The van der Waals surface area contributed by atoms with Gasteiger partial charge in [-0.15, -0.1) is 11.3 Å². The van der Waals surface area contributed by atoms with E-state index >= 15 is 0 Å². The summed E-state index contributed by atoms with van der Waals surface area (Å²) in [4.78, 5) is 7.92. The number of aryl methyl sites for hydroxylation is 1. The molecule has 4 nitrogen and oxygen atoms in total. The highest BCUT2D eigenvalue weighted by atomic mass is 32.1. The predicted molar refractivity (Wildman–Crippen MR) is 62.4 cm³/mol. The van der Waals surface area contributed by atoms with E-state index in [1.807, 2.05) is 6.92 Å². The molecule has 0 aromatic carbocycles. The first kappa shape index (κ1) is 10.9. The zero-order chi connectivity index (χ0) is 10.8. The standard InChI is InChI=1S/C10H17N3OS/c1-7-9(5-11)15-10(12-7)13(2)8-3-4-14-6-8/h8H,3-6,11H2,1-2H3. The van der Waals surface area contributed by atoms with Gasteiger partial charge in [0.1, 0.15) is 0 Å². The van der Waals surface area contributed by atoms with Crippen molar-refractivity contribution in [2.24, 2.45) is 5.73 Å². The van der Waals surface area contributed by atoms with Crippen LogP contribution in [0.4, 0.5) is 5.13 Å². The Hall–Kier alpha value is -0.650. The molecule has 15 heavy (non-hydrogen) atoms. The maximum absolute atomic E-state index is 5.64. The van der Waals surface area contributed by atoms with Crippen LogP contribution in [0.1, 0.15) is 17.0 Å². The lowest BCUT2D eigenvalue weighted by Gasteiger charge is -2.21. The number of nitrogens with two attached hydrogens (primary N) is 1. The van der Waals surface area contributed by atoms with Crippen LogP contribution in [0, 0.1) is 6.92 Å². The molecule has 1 saturated heterocycles. The molecule has 84 valence electrons. The summed E-state index contributed by atoms with van der Waals surface area (Å²) < 4.78 is 5.37. The summed E-state index contributed by atoms with van der Waals surface area (Å²) in [5.41, 5.74) is 6.70. The minimum absolute atomic E-state index is 0.473. The van der Waals surface area contributed by atoms with Crippen molar-refractivity contribution in [2.45, 2.75) is 25.9 Å². The van der Waals surface area contributed by atoms with Crippen LogP contribution in [0.2, 0.25) is 0 Å². The van der Waals surface area contributed by atoms with E-state index in [4.69, 9.17) is 10.5 Å². The average molecular weight is 227 g/mol. The van der Waals surface area contributed by atoms with Gasteiger partial charge >= 0.3 is 0 Å². The van der Waals surface area contributed by atoms with Gasteiger partial charge in [0.05, 0.1) is 18.3 Å². The number of thiazole rings is 1. The molecule has 0 amide bonds. The van der Waals surface area contributed by atoms with E-state index in [9.17, 15) is 0 Å². The van der Waals surface area contributed by atoms with Gasteiger partial charge in [-0.05, 0) is 13.3 Å². The Balaban J connectivity index is 2.13. The summed E-state index contributed by atoms with van der Waals surface area (Å²) in [6, 6.07) is 0.473. The van der Waals surface area contributed by atoms with Crippen LogP contribution in [0.3, 0.4) is 0 Å². The Kier molecular flexibility index (Phi) is 3.23.